The van der Waals surface area contributed by atoms with Gasteiger partial charge in [-0.15, -0.1) is 0 Å². The third-order valence-corrected chi connectivity index (χ3v) is 4.48. The lowest BCUT2D eigenvalue weighted by Gasteiger charge is -2.08. The number of methoxy groups -OCH3 is 1. The van der Waals surface area contributed by atoms with E-state index < -0.39 is 11.8 Å². The van der Waals surface area contributed by atoms with Gasteiger partial charge in [0.15, 0.2) is 11.3 Å². The summed E-state index contributed by atoms with van der Waals surface area (Å²) < 4.78 is 11.4. The first kappa shape index (κ1) is 18.4. The van der Waals surface area contributed by atoms with Crippen molar-refractivity contribution >= 4 is 39.2 Å². The van der Waals surface area contributed by atoms with Crippen LogP contribution in [0.3, 0.4) is 0 Å². The Hall–Kier alpha value is -3.93. The van der Waals surface area contributed by atoms with Crippen LogP contribution >= 0.6 is 0 Å². The van der Waals surface area contributed by atoms with Crippen molar-refractivity contribution in [1.29, 1.82) is 0 Å². The summed E-state index contributed by atoms with van der Waals surface area (Å²) in [5, 5.41) is 4.88. The molecule has 0 bridgehead atoms. The molecule has 0 fully saturated rings. The van der Waals surface area contributed by atoms with Gasteiger partial charge in [-0.3, -0.25) is 14.9 Å². The molecule has 0 aliphatic carbocycles. The van der Waals surface area contributed by atoms with Crippen LogP contribution < -0.4 is 15.6 Å². The minimum atomic E-state index is -0.579. The number of amides is 2. The van der Waals surface area contributed by atoms with Crippen molar-refractivity contribution in [3.05, 3.63) is 77.8 Å². The van der Waals surface area contributed by atoms with Crippen molar-refractivity contribution < 1.29 is 18.7 Å². The quantitative estimate of drug-likeness (QED) is 0.575. The molecule has 6 nitrogen and oxygen atoms in total. The second kappa shape index (κ2) is 7.59. The number of para-hydroxylation sites is 1. The molecule has 1 heterocycles. The Morgan fingerprint density at radius 1 is 0.966 bits per heavy atom. The summed E-state index contributed by atoms with van der Waals surface area (Å²) in [6, 6.07) is 20.5. The fraction of sp³-hybridized carbons (Fsp3) is 0.0870. The maximum absolute atomic E-state index is 12.6. The van der Waals surface area contributed by atoms with Crippen LogP contribution in [0.15, 0.2) is 76.1 Å². The summed E-state index contributed by atoms with van der Waals surface area (Å²) >= 11 is 0. The molecule has 4 rings (SSSR count). The third kappa shape index (κ3) is 3.60. The highest BCUT2D eigenvalue weighted by atomic mass is 16.5. The number of nitrogens with one attached hydrogen (secondary N) is 1. The van der Waals surface area contributed by atoms with Gasteiger partial charge in [0.1, 0.15) is 5.56 Å². The number of rotatable bonds is 3. The summed E-state index contributed by atoms with van der Waals surface area (Å²) in [5.41, 5.74) is 1.37. The SMILES string of the molecule is COc1cccc2cc(C(=O)NC(C)=O)c(=Nc3cccc4ccccc34)oc12. The third-order valence-electron chi connectivity index (χ3n) is 4.48. The number of imide groups is 1. The van der Waals surface area contributed by atoms with E-state index >= 15 is 0 Å². The molecule has 1 aromatic heterocycles. The van der Waals surface area contributed by atoms with Crippen LogP contribution in [0.5, 0.6) is 5.75 Å². The molecule has 4 aromatic rings. The summed E-state index contributed by atoms with van der Waals surface area (Å²) in [6.45, 7) is 1.28. The van der Waals surface area contributed by atoms with Crippen molar-refractivity contribution in [2.24, 2.45) is 4.99 Å². The number of benzene rings is 3. The molecular formula is C23H18N2O4. The molecule has 1 N–H and O–H groups in total. The molecule has 144 valence electrons. The van der Waals surface area contributed by atoms with Gasteiger partial charge >= 0.3 is 0 Å². The molecule has 2 amide bonds. The number of ether oxygens (including phenoxy) is 1. The van der Waals surface area contributed by atoms with Gasteiger partial charge in [0.2, 0.25) is 11.5 Å². The van der Waals surface area contributed by atoms with Gasteiger partial charge < -0.3 is 9.15 Å². The Labute approximate surface area is 166 Å². The smallest absolute Gasteiger partial charge is 0.263 e. The van der Waals surface area contributed by atoms with Crippen LogP contribution in [0, 0.1) is 0 Å². The molecule has 0 unspecified atom stereocenters. The van der Waals surface area contributed by atoms with E-state index in [1.54, 1.807) is 31.4 Å². The fourth-order valence-electron chi connectivity index (χ4n) is 3.17. The monoisotopic (exact) mass is 386 g/mol. The van der Waals surface area contributed by atoms with Gasteiger partial charge in [-0.1, -0.05) is 48.5 Å². The number of carbonyl (C=O) groups is 2. The first-order valence-electron chi connectivity index (χ1n) is 9.02. The van der Waals surface area contributed by atoms with Crippen molar-refractivity contribution in [2.75, 3.05) is 7.11 Å². The largest absolute Gasteiger partial charge is 0.493 e. The predicted molar refractivity (Wildman–Crippen MR) is 110 cm³/mol. The first-order valence-corrected chi connectivity index (χ1v) is 9.02. The van der Waals surface area contributed by atoms with Crippen LogP contribution in [-0.4, -0.2) is 18.9 Å². The zero-order valence-electron chi connectivity index (χ0n) is 15.9. The summed E-state index contributed by atoms with van der Waals surface area (Å²) in [4.78, 5) is 28.7. The number of carbonyl (C=O) groups excluding carboxylic acids is 2. The fourth-order valence-corrected chi connectivity index (χ4v) is 3.17. The van der Waals surface area contributed by atoms with E-state index in [0.717, 1.165) is 10.8 Å². The van der Waals surface area contributed by atoms with Crippen molar-refractivity contribution in [1.82, 2.24) is 5.32 Å². The van der Waals surface area contributed by atoms with Crippen LogP contribution in [0.25, 0.3) is 21.7 Å². The molecule has 6 heteroatoms. The molecule has 29 heavy (non-hydrogen) atoms. The molecule has 0 atom stereocenters. The minimum Gasteiger partial charge on any atom is -0.493 e. The predicted octanol–water partition coefficient (Wildman–Crippen LogP) is 4.10. The lowest BCUT2D eigenvalue weighted by molar-refractivity contribution is -0.118. The summed E-state index contributed by atoms with van der Waals surface area (Å²) in [5.74, 6) is -0.516. The van der Waals surface area contributed by atoms with E-state index in [1.165, 1.54) is 6.92 Å². The maximum atomic E-state index is 12.6. The van der Waals surface area contributed by atoms with Crippen molar-refractivity contribution in [2.45, 2.75) is 6.92 Å². The van der Waals surface area contributed by atoms with Gasteiger partial charge in [-0.05, 0) is 23.6 Å². The van der Waals surface area contributed by atoms with Crippen LogP contribution in [-0.2, 0) is 4.79 Å². The molecule has 0 aliphatic heterocycles. The van der Waals surface area contributed by atoms with Crippen molar-refractivity contribution in [3.8, 4) is 5.75 Å². The molecular weight excluding hydrogens is 368 g/mol. The second-order valence-electron chi connectivity index (χ2n) is 6.46. The zero-order chi connectivity index (χ0) is 20.4. The van der Waals surface area contributed by atoms with E-state index in [2.05, 4.69) is 10.3 Å². The molecule has 0 aliphatic rings. The van der Waals surface area contributed by atoms with Gasteiger partial charge in [-0.2, -0.15) is 0 Å². The Balaban J connectivity index is 2.03. The maximum Gasteiger partial charge on any atom is 0.263 e. The average molecular weight is 386 g/mol. The number of hydrogen-bond acceptors (Lipinski definition) is 5. The Morgan fingerprint density at radius 3 is 2.48 bits per heavy atom. The highest BCUT2D eigenvalue weighted by Gasteiger charge is 2.16. The lowest BCUT2D eigenvalue weighted by atomic mass is 10.1. The highest BCUT2D eigenvalue weighted by Crippen LogP contribution is 2.27. The van der Waals surface area contributed by atoms with Gasteiger partial charge in [0, 0.05) is 17.7 Å². The number of fused-ring (bicyclic) bond motifs is 2. The molecule has 0 spiro atoms. The normalized spacial score (nSPS) is 11.6. The van der Waals surface area contributed by atoms with E-state index in [9.17, 15) is 9.59 Å². The van der Waals surface area contributed by atoms with Crippen LogP contribution in [0.2, 0.25) is 0 Å². The van der Waals surface area contributed by atoms with Crippen LogP contribution in [0.1, 0.15) is 17.3 Å². The van der Waals surface area contributed by atoms with E-state index in [0.29, 0.717) is 22.4 Å². The molecule has 0 radical (unpaired) electrons. The standard InChI is InChI=1S/C23H18N2O4/c1-14(26)24-22(27)18-13-16-9-6-12-20(28-2)21(16)29-23(18)25-19-11-5-8-15-7-3-4-10-17(15)19/h3-13H,1-2H3,(H,24,26,27). The van der Waals surface area contributed by atoms with Crippen molar-refractivity contribution in [3.63, 3.8) is 0 Å². The van der Waals surface area contributed by atoms with E-state index in [-0.39, 0.29) is 11.1 Å². The van der Waals surface area contributed by atoms with Gasteiger partial charge in [0.25, 0.3) is 5.91 Å². The van der Waals surface area contributed by atoms with E-state index in [1.807, 2.05) is 42.5 Å². The Bertz CT molecular complexity index is 1320. The lowest BCUT2D eigenvalue weighted by Crippen LogP contribution is -2.32. The van der Waals surface area contributed by atoms with Crippen LogP contribution in [0.4, 0.5) is 5.69 Å². The summed E-state index contributed by atoms with van der Waals surface area (Å²) in [6.07, 6.45) is 0. The molecule has 0 saturated heterocycles. The first-order chi connectivity index (χ1) is 14.1. The second-order valence-corrected chi connectivity index (χ2v) is 6.46. The Morgan fingerprint density at radius 2 is 1.69 bits per heavy atom. The van der Waals surface area contributed by atoms with Gasteiger partial charge in [-0.25, -0.2) is 4.99 Å². The summed E-state index contributed by atoms with van der Waals surface area (Å²) in [7, 11) is 1.54. The number of hydrogen-bond donors (Lipinski definition) is 1. The highest BCUT2D eigenvalue weighted by molar-refractivity contribution is 6.05. The topological polar surface area (TPSA) is 80.9 Å². The number of nitrogens with zero attached hydrogens (tertiary/aromatic N) is 1. The average Bonchev–Trinajstić information content (AvgIpc) is 2.72. The molecule has 3 aromatic carbocycles. The van der Waals surface area contributed by atoms with Gasteiger partial charge in [0.05, 0.1) is 12.8 Å². The minimum absolute atomic E-state index is 0.0945. The van der Waals surface area contributed by atoms with E-state index in [4.69, 9.17) is 9.15 Å². The zero-order valence-corrected chi connectivity index (χ0v) is 15.9. The molecule has 0 saturated carbocycles. The Kier molecular flexibility index (Phi) is 4.83.